The first-order valence-electron chi connectivity index (χ1n) is 8.87. The average Bonchev–Trinajstić information content (AvgIpc) is 3.43. The van der Waals surface area contributed by atoms with E-state index in [0.717, 1.165) is 25.8 Å². The van der Waals surface area contributed by atoms with Gasteiger partial charge in [-0.1, -0.05) is 56.1 Å². The Labute approximate surface area is 183 Å². The first kappa shape index (κ1) is 18.7. The quantitative estimate of drug-likeness (QED) is 0.494. The minimum atomic E-state index is -1.16. The van der Waals surface area contributed by atoms with Crippen LogP contribution in [0.5, 0.6) is 0 Å². The summed E-state index contributed by atoms with van der Waals surface area (Å²) in [5.41, 5.74) is 2.09. The number of ether oxygens (including phenoxy) is 2. The maximum atomic E-state index is 12.5. The smallest absolute Gasteiger partial charge is 0.338 e. The number of aliphatic imine (C=N–C) groups is 1. The van der Waals surface area contributed by atoms with Gasteiger partial charge in [0.05, 0.1) is 18.5 Å². The Balaban J connectivity index is 1.49. The van der Waals surface area contributed by atoms with Crippen LogP contribution in [-0.4, -0.2) is 45.6 Å². The van der Waals surface area contributed by atoms with Crippen LogP contribution in [0, 0.1) is 0 Å². The maximum Gasteiger partial charge on any atom is 0.338 e. The van der Waals surface area contributed by atoms with Crippen molar-refractivity contribution in [2.24, 2.45) is 4.99 Å². The summed E-state index contributed by atoms with van der Waals surface area (Å²) >= 11 is 6.85. The monoisotopic (exact) mass is 516 g/mol. The molecule has 29 heavy (non-hydrogen) atoms. The molecule has 0 saturated carbocycles. The molecule has 0 radical (unpaired) electrons. The number of carbonyl (C=O) groups is 1. The molecular formula is C20H14Br2N4O3. The molecule has 2 aromatic carbocycles. The first-order chi connectivity index (χ1) is 14.0. The number of cyclic esters (lactones) is 1. The molecule has 9 heteroatoms. The normalized spacial score (nSPS) is 23.4. The van der Waals surface area contributed by atoms with Gasteiger partial charge in [0.1, 0.15) is 12.3 Å². The lowest BCUT2D eigenvalue weighted by Crippen LogP contribution is -2.39. The Hall–Kier alpha value is -2.36. The van der Waals surface area contributed by atoms with Crippen molar-refractivity contribution in [1.82, 2.24) is 15.0 Å². The Bertz CT molecular complexity index is 1110. The van der Waals surface area contributed by atoms with E-state index >= 15 is 0 Å². The zero-order valence-electron chi connectivity index (χ0n) is 15.0. The zero-order valence-corrected chi connectivity index (χ0v) is 18.1. The van der Waals surface area contributed by atoms with Crippen molar-refractivity contribution in [1.29, 1.82) is 0 Å². The SMILES string of the molecule is O=C1OCC2(N=C(c3ccc(Br)cc3)CO2)C1n1ncc(-c2ccc(Br)cc2)n1. The highest BCUT2D eigenvalue weighted by molar-refractivity contribution is 9.10. The van der Waals surface area contributed by atoms with Crippen molar-refractivity contribution in [2.75, 3.05) is 13.2 Å². The minimum Gasteiger partial charge on any atom is -0.459 e. The molecule has 3 aromatic rings. The second kappa shape index (κ2) is 7.16. The molecule has 1 aromatic heterocycles. The predicted molar refractivity (Wildman–Crippen MR) is 113 cm³/mol. The van der Waals surface area contributed by atoms with Gasteiger partial charge >= 0.3 is 5.97 Å². The van der Waals surface area contributed by atoms with Gasteiger partial charge in [-0.2, -0.15) is 15.0 Å². The van der Waals surface area contributed by atoms with Crippen LogP contribution in [0.15, 0.2) is 68.7 Å². The summed E-state index contributed by atoms with van der Waals surface area (Å²) in [6, 6.07) is 14.6. The Morgan fingerprint density at radius 2 is 1.66 bits per heavy atom. The van der Waals surface area contributed by atoms with Crippen molar-refractivity contribution >= 4 is 43.5 Å². The summed E-state index contributed by atoms with van der Waals surface area (Å²) in [6.07, 6.45) is 1.62. The molecule has 1 saturated heterocycles. The van der Waals surface area contributed by atoms with Gasteiger partial charge in [-0.05, 0) is 29.8 Å². The number of carbonyl (C=O) groups excluding carboxylic acids is 1. The number of halogens is 2. The lowest BCUT2D eigenvalue weighted by Gasteiger charge is -2.21. The van der Waals surface area contributed by atoms with Gasteiger partial charge in [-0.15, -0.1) is 0 Å². The fourth-order valence-electron chi connectivity index (χ4n) is 3.43. The third-order valence-corrected chi connectivity index (χ3v) is 5.97. The molecule has 3 heterocycles. The Kier molecular flexibility index (Phi) is 4.60. The van der Waals surface area contributed by atoms with Gasteiger partial charge in [0.2, 0.25) is 11.8 Å². The van der Waals surface area contributed by atoms with E-state index in [4.69, 9.17) is 14.5 Å². The summed E-state index contributed by atoms with van der Waals surface area (Å²) in [6.45, 7) is 0.321. The number of benzene rings is 2. The van der Waals surface area contributed by atoms with Gasteiger partial charge in [0.25, 0.3) is 0 Å². The van der Waals surface area contributed by atoms with Gasteiger partial charge < -0.3 is 9.47 Å². The van der Waals surface area contributed by atoms with Crippen molar-refractivity contribution in [3.63, 3.8) is 0 Å². The number of rotatable bonds is 3. The fraction of sp³-hybridized carbons (Fsp3) is 0.200. The van der Waals surface area contributed by atoms with Crippen LogP contribution >= 0.6 is 31.9 Å². The molecule has 2 unspecified atom stereocenters. The number of nitrogens with zero attached hydrogens (tertiary/aromatic N) is 4. The minimum absolute atomic E-state index is 0.0334. The van der Waals surface area contributed by atoms with E-state index in [0.29, 0.717) is 5.69 Å². The van der Waals surface area contributed by atoms with Crippen LogP contribution in [0.25, 0.3) is 11.3 Å². The van der Waals surface area contributed by atoms with Gasteiger partial charge in [0, 0.05) is 14.5 Å². The van der Waals surface area contributed by atoms with Gasteiger partial charge in [-0.3, -0.25) is 0 Å². The van der Waals surface area contributed by atoms with Crippen LogP contribution in [0.4, 0.5) is 0 Å². The summed E-state index contributed by atoms with van der Waals surface area (Å²) in [5, 5.41) is 8.82. The number of aromatic nitrogens is 3. The van der Waals surface area contributed by atoms with E-state index in [1.54, 1.807) is 6.20 Å². The average molecular weight is 518 g/mol. The second-order valence-electron chi connectivity index (χ2n) is 6.77. The molecule has 0 aliphatic carbocycles. The van der Waals surface area contributed by atoms with Crippen molar-refractivity contribution < 1.29 is 14.3 Å². The van der Waals surface area contributed by atoms with Crippen molar-refractivity contribution in [2.45, 2.75) is 11.8 Å². The zero-order chi connectivity index (χ0) is 20.0. The highest BCUT2D eigenvalue weighted by Gasteiger charge is 2.57. The molecule has 2 atom stereocenters. The van der Waals surface area contributed by atoms with E-state index in [9.17, 15) is 4.79 Å². The van der Waals surface area contributed by atoms with E-state index in [1.807, 2.05) is 48.5 Å². The fourth-order valence-corrected chi connectivity index (χ4v) is 3.96. The summed E-state index contributed by atoms with van der Waals surface area (Å²) in [5.74, 6) is -0.455. The first-order valence-corrected chi connectivity index (χ1v) is 10.5. The van der Waals surface area contributed by atoms with Crippen LogP contribution < -0.4 is 0 Å². The molecule has 2 aliphatic heterocycles. The molecule has 0 bridgehead atoms. The molecule has 5 rings (SSSR count). The predicted octanol–water partition coefficient (Wildman–Crippen LogP) is 3.78. The van der Waals surface area contributed by atoms with Crippen LogP contribution in [-0.2, 0) is 14.3 Å². The van der Waals surface area contributed by atoms with E-state index in [-0.39, 0.29) is 13.2 Å². The van der Waals surface area contributed by atoms with Gasteiger partial charge in [0.15, 0.2) is 0 Å². The standard InChI is InChI=1S/C20H14Br2N4O3/c21-14-5-1-12(2-6-14)16-9-23-26(25-16)18-19(27)28-11-20(18)24-17(10-29-20)13-3-7-15(22)8-4-13/h1-9,18H,10-11H2. The highest BCUT2D eigenvalue weighted by atomic mass is 79.9. The number of esters is 1. The van der Waals surface area contributed by atoms with Gasteiger partial charge in [-0.25, -0.2) is 9.79 Å². The Morgan fingerprint density at radius 3 is 2.34 bits per heavy atom. The third kappa shape index (κ3) is 3.33. The molecule has 2 aliphatic rings. The van der Waals surface area contributed by atoms with Crippen LogP contribution in [0.3, 0.4) is 0 Å². The molecule has 1 fully saturated rings. The maximum absolute atomic E-state index is 12.5. The van der Waals surface area contributed by atoms with Crippen molar-refractivity contribution in [3.8, 4) is 11.3 Å². The summed E-state index contributed by atoms with van der Waals surface area (Å²) in [7, 11) is 0. The summed E-state index contributed by atoms with van der Waals surface area (Å²) < 4.78 is 13.3. The molecule has 1 spiro atoms. The molecule has 7 nitrogen and oxygen atoms in total. The molecule has 0 N–H and O–H groups in total. The van der Waals surface area contributed by atoms with E-state index in [2.05, 4.69) is 42.1 Å². The lowest BCUT2D eigenvalue weighted by atomic mass is 10.1. The summed E-state index contributed by atoms with van der Waals surface area (Å²) in [4.78, 5) is 18.6. The Morgan fingerprint density at radius 1 is 1.00 bits per heavy atom. The number of hydrogen-bond acceptors (Lipinski definition) is 6. The molecule has 0 amide bonds. The van der Waals surface area contributed by atoms with Crippen molar-refractivity contribution in [3.05, 3.63) is 69.2 Å². The largest absolute Gasteiger partial charge is 0.459 e. The van der Waals surface area contributed by atoms with E-state index in [1.165, 1.54) is 4.80 Å². The lowest BCUT2D eigenvalue weighted by molar-refractivity contribution is -0.141. The van der Waals surface area contributed by atoms with E-state index < -0.39 is 17.7 Å². The topological polar surface area (TPSA) is 78.6 Å². The molecule has 146 valence electrons. The van der Waals surface area contributed by atoms with Crippen LogP contribution in [0.1, 0.15) is 11.6 Å². The second-order valence-corrected chi connectivity index (χ2v) is 8.60. The number of hydrogen-bond donors (Lipinski definition) is 0. The van der Waals surface area contributed by atoms with Crippen LogP contribution in [0.2, 0.25) is 0 Å². The third-order valence-electron chi connectivity index (χ3n) is 4.91. The highest BCUT2D eigenvalue weighted by Crippen LogP contribution is 2.39. The molecular weight excluding hydrogens is 504 g/mol.